The summed E-state index contributed by atoms with van der Waals surface area (Å²) in [5, 5.41) is 0. The lowest BCUT2D eigenvalue weighted by Gasteiger charge is -2.05. The number of aliphatic imine (C=N–C) groups is 1. The summed E-state index contributed by atoms with van der Waals surface area (Å²) in [6, 6.07) is 0. The van der Waals surface area contributed by atoms with Crippen LogP contribution >= 0.6 is 0 Å². The second-order valence-corrected chi connectivity index (χ2v) is 2.61. The van der Waals surface area contributed by atoms with Gasteiger partial charge in [0.15, 0.2) is 0 Å². The molecule has 0 aromatic heterocycles. The second kappa shape index (κ2) is 4.09. The fourth-order valence-corrected chi connectivity index (χ4v) is 0.537. The standard InChI is InChI=1S/C8H16N2/c1-5-10-8(9)7(4)6(2)3/h5-6H,9H2,1-4H3/b8-7+,10-5-. The van der Waals surface area contributed by atoms with Crippen LogP contribution in [-0.4, -0.2) is 6.21 Å². The summed E-state index contributed by atoms with van der Waals surface area (Å²) in [6.45, 7) is 8.08. The number of hydrogen-bond acceptors (Lipinski definition) is 2. The fourth-order valence-electron chi connectivity index (χ4n) is 0.537. The van der Waals surface area contributed by atoms with Gasteiger partial charge in [0.05, 0.1) is 0 Å². The van der Waals surface area contributed by atoms with E-state index in [4.69, 9.17) is 5.73 Å². The van der Waals surface area contributed by atoms with E-state index in [0.29, 0.717) is 11.7 Å². The predicted octanol–water partition coefficient (Wildman–Crippen LogP) is 1.92. The lowest BCUT2D eigenvalue weighted by Crippen LogP contribution is -2.02. The van der Waals surface area contributed by atoms with Crippen molar-refractivity contribution in [2.24, 2.45) is 16.6 Å². The lowest BCUT2D eigenvalue weighted by molar-refractivity contribution is 0.752. The molecule has 0 rings (SSSR count). The molecule has 58 valence electrons. The van der Waals surface area contributed by atoms with Gasteiger partial charge in [-0.15, -0.1) is 0 Å². The Morgan fingerprint density at radius 1 is 1.50 bits per heavy atom. The van der Waals surface area contributed by atoms with Crippen molar-refractivity contribution in [2.45, 2.75) is 27.7 Å². The molecular formula is C8H16N2. The molecule has 2 N–H and O–H groups in total. The molecule has 0 aliphatic carbocycles. The molecule has 0 fully saturated rings. The summed E-state index contributed by atoms with van der Waals surface area (Å²) in [4.78, 5) is 3.98. The summed E-state index contributed by atoms with van der Waals surface area (Å²) < 4.78 is 0. The third kappa shape index (κ3) is 2.67. The molecule has 0 radical (unpaired) electrons. The maximum absolute atomic E-state index is 5.61. The first-order valence-corrected chi connectivity index (χ1v) is 3.54. The highest BCUT2D eigenvalue weighted by atomic mass is 14.9. The highest BCUT2D eigenvalue weighted by molar-refractivity contribution is 5.55. The van der Waals surface area contributed by atoms with Gasteiger partial charge in [-0.25, -0.2) is 4.99 Å². The second-order valence-electron chi connectivity index (χ2n) is 2.61. The Hall–Kier alpha value is -0.790. The molecule has 0 saturated carbocycles. The Labute approximate surface area is 62.8 Å². The highest BCUT2D eigenvalue weighted by Gasteiger charge is 1.99. The van der Waals surface area contributed by atoms with Crippen LogP contribution in [0, 0.1) is 5.92 Å². The third-order valence-electron chi connectivity index (χ3n) is 1.54. The molecule has 2 heteroatoms. The Morgan fingerprint density at radius 3 is 2.30 bits per heavy atom. The van der Waals surface area contributed by atoms with Crippen molar-refractivity contribution in [3.8, 4) is 0 Å². The third-order valence-corrected chi connectivity index (χ3v) is 1.54. The van der Waals surface area contributed by atoms with Crippen LogP contribution < -0.4 is 5.73 Å². The van der Waals surface area contributed by atoms with Gasteiger partial charge >= 0.3 is 0 Å². The van der Waals surface area contributed by atoms with E-state index in [1.165, 1.54) is 0 Å². The summed E-state index contributed by atoms with van der Waals surface area (Å²) >= 11 is 0. The SMILES string of the molecule is C/C=N\C(N)=C(/C)C(C)C. The smallest absolute Gasteiger partial charge is 0.122 e. The minimum Gasteiger partial charge on any atom is -0.384 e. The van der Waals surface area contributed by atoms with Gasteiger partial charge in [-0.05, 0) is 25.3 Å². The van der Waals surface area contributed by atoms with Crippen LogP contribution in [0.5, 0.6) is 0 Å². The molecule has 0 amide bonds. The van der Waals surface area contributed by atoms with Crippen LogP contribution in [0.4, 0.5) is 0 Å². The van der Waals surface area contributed by atoms with E-state index in [0.717, 1.165) is 5.57 Å². The normalized spacial score (nSPS) is 14.5. The van der Waals surface area contributed by atoms with E-state index in [9.17, 15) is 0 Å². The minimum absolute atomic E-state index is 0.490. The number of hydrogen-bond donors (Lipinski definition) is 1. The molecule has 0 spiro atoms. The number of nitrogens with two attached hydrogens (primary N) is 1. The summed E-state index contributed by atoms with van der Waals surface area (Å²) in [6.07, 6.45) is 1.71. The van der Waals surface area contributed by atoms with Crippen LogP contribution in [0.3, 0.4) is 0 Å². The van der Waals surface area contributed by atoms with Gasteiger partial charge in [0.1, 0.15) is 5.82 Å². The molecule has 0 bridgehead atoms. The van der Waals surface area contributed by atoms with Crippen LogP contribution in [-0.2, 0) is 0 Å². The molecule has 0 heterocycles. The van der Waals surface area contributed by atoms with Gasteiger partial charge < -0.3 is 5.73 Å². The van der Waals surface area contributed by atoms with Crippen molar-refractivity contribution in [3.05, 3.63) is 11.4 Å². The lowest BCUT2D eigenvalue weighted by atomic mass is 10.1. The average Bonchev–Trinajstić information content (AvgIpc) is 1.87. The summed E-state index contributed by atoms with van der Waals surface area (Å²) in [5.74, 6) is 1.14. The molecule has 10 heavy (non-hydrogen) atoms. The molecule has 0 aromatic rings. The van der Waals surface area contributed by atoms with Crippen molar-refractivity contribution in [1.82, 2.24) is 0 Å². The number of nitrogens with zero attached hydrogens (tertiary/aromatic N) is 1. The Kier molecular flexibility index (Phi) is 3.77. The van der Waals surface area contributed by atoms with E-state index >= 15 is 0 Å². The first-order valence-electron chi connectivity index (χ1n) is 3.54. The van der Waals surface area contributed by atoms with Crippen molar-refractivity contribution in [2.75, 3.05) is 0 Å². The van der Waals surface area contributed by atoms with Gasteiger partial charge in [-0.1, -0.05) is 13.8 Å². The first-order chi connectivity index (χ1) is 4.59. The van der Waals surface area contributed by atoms with E-state index < -0.39 is 0 Å². The zero-order valence-electron chi connectivity index (χ0n) is 7.18. The zero-order chi connectivity index (χ0) is 8.15. The monoisotopic (exact) mass is 140 g/mol. The van der Waals surface area contributed by atoms with E-state index in [-0.39, 0.29) is 0 Å². The maximum atomic E-state index is 5.61. The van der Waals surface area contributed by atoms with E-state index in [1.54, 1.807) is 6.21 Å². The van der Waals surface area contributed by atoms with Gasteiger partial charge in [-0.3, -0.25) is 0 Å². The predicted molar refractivity (Wildman–Crippen MR) is 45.9 cm³/mol. The van der Waals surface area contributed by atoms with Crippen LogP contribution in [0.25, 0.3) is 0 Å². The molecule has 2 nitrogen and oxygen atoms in total. The molecular weight excluding hydrogens is 124 g/mol. The molecule has 0 atom stereocenters. The Bertz CT molecular complexity index is 155. The summed E-state index contributed by atoms with van der Waals surface area (Å²) in [7, 11) is 0. The first kappa shape index (κ1) is 9.21. The number of allylic oxidation sites excluding steroid dienone is 1. The van der Waals surface area contributed by atoms with E-state index in [2.05, 4.69) is 18.8 Å². The molecule has 0 aliphatic heterocycles. The zero-order valence-corrected chi connectivity index (χ0v) is 7.18. The molecule has 0 aromatic carbocycles. The molecule has 0 saturated heterocycles. The van der Waals surface area contributed by atoms with Crippen molar-refractivity contribution >= 4 is 6.21 Å². The van der Waals surface area contributed by atoms with Crippen LogP contribution in [0.1, 0.15) is 27.7 Å². The largest absolute Gasteiger partial charge is 0.384 e. The van der Waals surface area contributed by atoms with Gasteiger partial charge in [0.2, 0.25) is 0 Å². The van der Waals surface area contributed by atoms with Crippen LogP contribution in [0.15, 0.2) is 16.4 Å². The Morgan fingerprint density at radius 2 is 2.00 bits per heavy atom. The number of rotatable bonds is 2. The Balaban J connectivity index is 4.34. The molecule has 0 aliphatic rings. The fraction of sp³-hybridized carbons (Fsp3) is 0.625. The maximum Gasteiger partial charge on any atom is 0.122 e. The topological polar surface area (TPSA) is 38.4 Å². The van der Waals surface area contributed by atoms with Gasteiger partial charge in [0.25, 0.3) is 0 Å². The van der Waals surface area contributed by atoms with Crippen molar-refractivity contribution < 1.29 is 0 Å². The van der Waals surface area contributed by atoms with Gasteiger partial charge in [0, 0.05) is 6.21 Å². The summed E-state index contributed by atoms with van der Waals surface area (Å²) in [5.41, 5.74) is 6.76. The highest BCUT2D eigenvalue weighted by Crippen LogP contribution is 2.10. The quantitative estimate of drug-likeness (QED) is 0.585. The van der Waals surface area contributed by atoms with Gasteiger partial charge in [-0.2, -0.15) is 0 Å². The van der Waals surface area contributed by atoms with Crippen molar-refractivity contribution in [3.63, 3.8) is 0 Å². The average molecular weight is 140 g/mol. The van der Waals surface area contributed by atoms with E-state index in [1.807, 2.05) is 13.8 Å². The minimum atomic E-state index is 0.490. The van der Waals surface area contributed by atoms with Crippen molar-refractivity contribution in [1.29, 1.82) is 0 Å². The van der Waals surface area contributed by atoms with Crippen LogP contribution in [0.2, 0.25) is 0 Å². The molecule has 0 unspecified atom stereocenters.